The summed E-state index contributed by atoms with van der Waals surface area (Å²) in [6.45, 7) is 0.150. The van der Waals surface area contributed by atoms with E-state index in [1.165, 1.54) is 30.3 Å². The zero-order valence-corrected chi connectivity index (χ0v) is 22.3. The number of sulfonamides is 1. The first-order chi connectivity index (χ1) is 18.1. The number of carbonyl (C=O) groups excluding carboxylic acids is 1. The first-order valence-corrected chi connectivity index (χ1v) is 13.7. The molecule has 0 aliphatic rings. The van der Waals surface area contributed by atoms with Gasteiger partial charge in [0.05, 0.1) is 5.02 Å². The Bertz CT molecular complexity index is 1530. The summed E-state index contributed by atoms with van der Waals surface area (Å²) in [7, 11) is -4.31. The van der Waals surface area contributed by atoms with Crippen LogP contribution in [-0.4, -0.2) is 23.7 Å². The molecule has 0 unspecified atom stereocenters. The van der Waals surface area contributed by atoms with Gasteiger partial charge in [0.1, 0.15) is 10.7 Å². The number of halogens is 3. The minimum atomic E-state index is -4.31. The highest BCUT2D eigenvalue weighted by molar-refractivity contribution is 7.89. The smallest absolute Gasteiger partial charge is 0.251 e. The number of carbonyl (C=O) groups is 1. The van der Waals surface area contributed by atoms with Crippen LogP contribution in [0.5, 0.6) is 5.75 Å². The second kappa shape index (κ2) is 12.0. The summed E-state index contributed by atoms with van der Waals surface area (Å²) in [6.07, 6.45) is 0. The maximum absolute atomic E-state index is 13.6. The van der Waals surface area contributed by atoms with E-state index in [-0.39, 0.29) is 29.0 Å². The number of benzene rings is 4. The normalized spacial score (nSPS) is 11.5. The maximum atomic E-state index is 13.6. The van der Waals surface area contributed by atoms with Gasteiger partial charge in [0.15, 0.2) is 5.75 Å². The summed E-state index contributed by atoms with van der Waals surface area (Å²) >= 11 is 12.0. The third-order valence-electron chi connectivity index (χ3n) is 5.75. The fourth-order valence-corrected chi connectivity index (χ4v) is 5.90. The van der Waals surface area contributed by atoms with E-state index in [0.717, 1.165) is 15.9 Å². The van der Waals surface area contributed by atoms with E-state index in [9.17, 15) is 22.7 Å². The molecule has 0 fully saturated rings. The van der Waals surface area contributed by atoms with Crippen LogP contribution in [0.3, 0.4) is 0 Å². The molecule has 0 heterocycles. The highest BCUT2D eigenvalue weighted by atomic mass is 35.5. The van der Waals surface area contributed by atoms with Gasteiger partial charge in [0, 0.05) is 30.2 Å². The Kier molecular flexibility index (Phi) is 8.69. The lowest BCUT2D eigenvalue weighted by Crippen LogP contribution is -2.30. The molecule has 38 heavy (non-hydrogen) atoms. The van der Waals surface area contributed by atoms with Gasteiger partial charge in [0.25, 0.3) is 5.91 Å². The van der Waals surface area contributed by atoms with Gasteiger partial charge in [-0.2, -0.15) is 4.31 Å². The van der Waals surface area contributed by atoms with Gasteiger partial charge >= 0.3 is 0 Å². The molecule has 0 aliphatic carbocycles. The molecular formula is C28H23Cl2FN2O4S. The average molecular weight is 573 g/mol. The van der Waals surface area contributed by atoms with Crippen molar-refractivity contribution in [2.75, 3.05) is 0 Å². The lowest BCUT2D eigenvalue weighted by molar-refractivity contribution is 0.0951. The van der Waals surface area contributed by atoms with Gasteiger partial charge < -0.3 is 10.4 Å². The van der Waals surface area contributed by atoms with Crippen molar-refractivity contribution in [2.24, 2.45) is 0 Å². The summed E-state index contributed by atoms with van der Waals surface area (Å²) in [4.78, 5) is 12.1. The molecule has 0 aromatic heterocycles. The van der Waals surface area contributed by atoms with Crippen molar-refractivity contribution in [1.29, 1.82) is 0 Å². The third kappa shape index (κ3) is 6.71. The van der Waals surface area contributed by atoms with Crippen LogP contribution in [0.4, 0.5) is 4.39 Å². The van der Waals surface area contributed by atoms with Gasteiger partial charge in [-0.3, -0.25) is 4.79 Å². The highest BCUT2D eigenvalue weighted by Gasteiger charge is 2.29. The van der Waals surface area contributed by atoms with Crippen molar-refractivity contribution in [3.63, 3.8) is 0 Å². The first-order valence-electron chi connectivity index (χ1n) is 11.5. The van der Waals surface area contributed by atoms with Gasteiger partial charge in [-0.05, 0) is 53.1 Å². The van der Waals surface area contributed by atoms with E-state index in [1.54, 1.807) is 24.3 Å². The van der Waals surface area contributed by atoms with Gasteiger partial charge in [-0.15, -0.1) is 0 Å². The van der Waals surface area contributed by atoms with Crippen LogP contribution in [0.15, 0.2) is 95.9 Å². The average Bonchev–Trinajstić information content (AvgIpc) is 2.91. The summed E-state index contributed by atoms with van der Waals surface area (Å²) in [5.41, 5.74) is 2.49. The number of phenolic OH excluding ortho intramolecular Hbond substituents is 1. The number of aromatic hydroxyl groups is 1. The predicted molar refractivity (Wildman–Crippen MR) is 145 cm³/mol. The van der Waals surface area contributed by atoms with Crippen LogP contribution in [0.1, 0.15) is 27.0 Å². The van der Waals surface area contributed by atoms with Crippen molar-refractivity contribution in [2.45, 2.75) is 24.5 Å². The molecule has 4 rings (SSSR count). The maximum Gasteiger partial charge on any atom is 0.251 e. The summed E-state index contributed by atoms with van der Waals surface area (Å²) in [6, 6.07) is 23.8. The molecule has 0 atom stereocenters. The molecule has 4 aromatic carbocycles. The molecular weight excluding hydrogens is 550 g/mol. The molecule has 0 saturated carbocycles. The molecule has 1 amide bonds. The van der Waals surface area contributed by atoms with Crippen molar-refractivity contribution >= 4 is 39.1 Å². The van der Waals surface area contributed by atoms with E-state index in [4.69, 9.17) is 23.2 Å². The first kappa shape index (κ1) is 27.6. The second-order valence-corrected chi connectivity index (χ2v) is 11.2. The second-order valence-electron chi connectivity index (χ2n) is 8.50. The SMILES string of the molecule is O=C(NCc1ccccc1)c1ccc(CN(Cc2ccc(F)cc2)S(=O)(=O)c2cc(Cl)cc(Cl)c2O)cc1. The molecule has 196 valence electrons. The van der Waals surface area contributed by atoms with Crippen LogP contribution in [0.2, 0.25) is 10.0 Å². The molecule has 0 radical (unpaired) electrons. The lowest BCUT2D eigenvalue weighted by atomic mass is 10.1. The number of hydrogen-bond donors (Lipinski definition) is 2. The Labute approximate surface area is 230 Å². The molecule has 10 heteroatoms. The molecule has 6 nitrogen and oxygen atoms in total. The van der Waals surface area contributed by atoms with Gasteiger partial charge in [-0.1, -0.05) is 77.8 Å². The van der Waals surface area contributed by atoms with Crippen LogP contribution < -0.4 is 5.32 Å². The van der Waals surface area contributed by atoms with Crippen molar-refractivity contribution in [3.05, 3.63) is 129 Å². The summed E-state index contributed by atoms with van der Waals surface area (Å²) < 4.78 is 41.8. The number of nitrogens with one attached hydrogen (secondary N) is 1. The molecule has 0 bridgehead atoms. The Hall–Kier alpha value is -3.43. The summed E-state index contributed by atoms with van der Waals surface area (Å²) in [5.74, 6) is -1.34. The quantitative estimate of drug-likeness (QED) is 0.251. The monoisotopic (exact) mass is 572 g/mol. The minimum Gasteiger partial charge on any atom is -0.505 e. The van der Waals surface area contributed by atoms with Crippen molar-refractivity contribution < 1.29 is 22.7 Å². The number of rotatable bonds is 9. The highest BCUT2D eigenvalue weighted by Crippen LogP contribution is 2.36. The molecule has 0 aliphatic heterocycles. The lowest BCUT2D eigenvalue weighted by Gasteiger charge is -2.23. The molecule has 4 aromatic rings. The van der Waals surface area contributed by atoms with Gasteiger partial charge in [-0.25, -0.2) is 12.8 Å². The molecule has 0 spiro atoms. The van der Waals surface area contributed by atoms with Crippen LogP contribution in [0, 0.1) is 5.82 Å². The van der Waals surface area contributed by atoms with E-state index in [1.807, 2.05) is 30.3 Å². The minimum absolute atomic E-state index is 0.0407. The van der Waals surface area contributed by atoms with E-state index in [0.29, 0.717) is 23.2 Å². The van der Waals surface area contributed by atoms with E-state index >= 15 is 0 Å². The predicted octanol–water partition coefficient (Wildman–Crippen LogP) is 6.16. The standard InChI is InChI=1S/C28H23Cl2FN2O4S/c29-23-14-25(30)27(34)26(15-23)38(36,37)33(18-21-8-12-24(31)13-9-21)17-20-6-10-22(11-7-20)28(35)32-16-19-4-2-1-3-5-19/h1-15,34H,16-18H2,(H,32,35). The van der Waals surface area contributed by atoms with Crippen LogP contribution in [0.25, 0.3) is 0 Å². The molecule has 0 saturated heterocycles. The van der Waals surface area contributed by atoms with Crippen molar-refractivity contribution in [1.82, 2.24) is 9.62 Å². The van der Waals surface area contributed by atoms with E-state index < -0.39 is 26.5 Å². The summed E-state index contributed by atoms with van der Waals surface area (Å²) in [5, 5.41) is 13.1. The Morgan fingerprint density at radius 1 is 0.842 bits per heavy atom. The number of nitrogens with zero attached hydrogens (tertiary/aromatic N) is 1. The number of hydrogen-bond acceptors (Lipinski definition) is 4. The van der Waals surface area contributed by atoms with E-state index in [2.05, 4.69) is 5.32 Å². The zero-order chi connectivity index (χ0) is 27.3. The Balaban J connectivity index is 1.58. The van der Waals surface area contributed by atoms with Gasteiger partial charge in [0.2, 0.25) is 10.0 Å². The zero-order valence-electron chi connectivity index (χ0n) is 19.9. The molecule has 2 N–H and O–H groups in total. The fraction of sp³-hybridized carbons (Fsp3) is 0.107. The fourth-order valence-electron chi connectivity index (χ4n) is 3.74. The Morgan fingerprint density at radius 3 is 2.03 bits per heavy atom. The topological polar surface area (TPSA) is 86.7 Å². The largest absolute Gasteiger partial charge is 0.505 e. The van der Waals surface area contributed by atoms with Crippen LogP contribution in [-0.2, 0) is 29.7 Å². The van der Waals surface area contributed by atoms with Crippen LogP contribution >= 0.6 is 23.2 Å². The Morgan fingerprint density at radius 2 is 1.42 bits per heavy atom. The number of amides is 1. The van der Waals surface area contributed by atoms with Crippen molar-refractivity contribution in [3.8, 4) is 5.75 Å². The number of phenols is 1. The third-order valence-corrected chi connectivity index (χ3v) is 8.07.